The molecule has 0 saturated carbocycles. The van der Waals surface area contributed by atoms with Crippen LogP contribution in [-0.2, 0) is 4.74 Å². The van der Waals surface area contributed by atoms with Crippen molar-refractivity contribution in [1.82, 2.24) is 10.2 Å². The van der Waals surface area contributed by atoms with Crippen molar-refractivity contribution in [3.8, 4) is 5.75 Å². The second-order valence-electron chi connectivity index (χ2n) is 5.82. The van der Waals surface area contributed by atoms with Crippen LogP contribution in [0.1, 0.15) is 16.8 Å². The first-order valence-electron chi connectivity index (χ1n) is 7.82. The number of fused-ring (bicyclic) bond motifs is 1. The molecule has 0 unspecified atom stereocenters. The minimum atomic E-state index is -0.419. The number of benzene rings is 1. The molecule has 0 spiro atoms. The molecule has 2 aliphatic heterocycles. The van der Waals surface area contributed by atoms with Crippen LogP contribution >= 0.6 is 0 Å². The lowest BCUT2D eigenvalue weighted by Gasteiger charge is -2.25. The summed E-state index contributed by atoms with van der Waals surface area (Å²) in [5.41, 5.74) is 5.70. The van der Waals surface area contributed by atoms with Gasteiger partial charge in [0.05, 0.1) is 19.3 Å². The smallest absolute Gasteiger partial charge is 0.248 e. The molecule has 1 aromatic carbocycles. The first-order valence-corrected chi connectivity index (χ1v) is 7.82. The molecule has 2 heterocycles. The Morgan fingerprint density at radius 3 is 2.91 bits per heavy atom. The van der Waals surface area contributed by atoms with Crippen molar-refractivity contribution in [2.75, 3.05) is 39.4 Å². The largest absolute Gasteiger partial charge is 0.494 e. The Bertz CT molecular complexity index is 492. The molecule has 6 nitrogen and oxygen atoms in total. The van der Waals surface area contributed by atoms with E-state index in [9.17, 15) is 4.79 Å². The quantitative estimate of drug-likeness (QED) is 0.736. The van der Waals surface area contributed by atoms with Gasteiger partial charge in [-0.15, -0.1) is 0 Å². The third kappa shape index (κ3) is 3.76. The highest BCUT2D eigenvalue weighted by molar-refractivity contribution is 5.92. The molecule has 3 rings (SSSR count). The van der Waals surface area contributed by atoms with Crippen LogP contribution in [0.4, 0.5) is 0 Å². The normalized spacial score (nSPS) is 24.9. The van der Waals surface area contributed by atoms with Gasteiger partial charge in [0.15, 0.2) is 0 Å². The number of carbonyl (C=O) groups is 1. The van der Waals surface area contributed by atoms with Crippen LogP contribution in [0.5, 0.6) is 5.75 Å². The Hall–Kier alpha value is -1.63. The van der Waals surface area contributed by atoms with Gasteiger partial charge in [0, 0.05) is 37.8 Å². The molecule has 1 aromatic rings. The summed E-state index contributed by atoms with van der Waals surface area (Å²) in [6.07, 6.45) is 1.31. The van der Waals surface area contributed by atoms with E-state index in [2.05, 4.69) is 10.2 Å². The van der Waals surface area contributed by atoms with Crippen molar-refractivity contribution in [2.45, 2.75) is 18.6 Å². The summed E-state index contributed by atoms with van der Waals surface area (Å²) in [5.74, 6) is 0.350. The van der Waals surface area contributed by atoms with Gasteiger partial charge in [-0.3, -0.25) is 9.69 Å². The number of hydrogen-bond donors (Lipinski definition) is 2. The zero-order valence-corrected chi connectivity index (χ0v) is 12.7. The minimum Gasteiger partial charge on any atom is -0.494 e. The summed E-state index contributed by atoms with van der Waals surface area (Å²) < 4.78 is 11.5. The Morgan fingerprint density at radius 2 is 2.18 bits per heavy atom. The van der Waals surface area contributed by atoms with Crippen LogP contribution in [0.3, 0.4) is 0 Å². The number of primary amides is 1. The van der Waals surface area contributed by atoms with Crippen LogP contribution in [0.2, 0.25) is 0 Å². The first-order chi connectivity index (χ1) is 10.7. The fraction of sp³-hybridized carbons (Fsp3) is 0.562. The molecule has 2 aliphatic rings. The van der Waals surface area contributed by atoms with Crippen molar-refractivity contribution in [3.05, 3.63) is 29.8 Å². The standard InChI is InChI=1S/C16H23N3O3/c17-16(20)12-2-4-13(5-3-12)21-8-1-7-19-10-14-15(11-19)22-9-6-18-14/h2-5,14-15,18H,1,6-11H2,(H2,17,20)/t14-,15-/m0/s1. The lowest BCUT2D eigenvalue weighted by atomic mass is 10.2. The maximum absolute atomic E-state index is 11.0. The van der Waals surface area contributed by atoms with Gasteiger partial charge in [-0.2, -0.15) is 0 Å². The van der Waals surface area contributed by atoms with Gasteiger partial charge in [0.2, 0.25) is 5.91 Å². The molecule has 0 aliphatic carbocycles. The van der Waals surface area contributed by atoms with Gasteiger partial charge < -0.3 is 20.5 Å². The molecule has 2 fully saturated rings. The van der Waals surface area contributed by atoms with E-state index in [1.165, 1.54) is 0 Å². The number of morpholine rings is 1. The predicted octanol–water partition coefficient (Wildman–Crippen LogP) is 0.227. The van der Waals surface area contributed by atoms with Crippen LogP contribution < -0.4 is 15.8 Å². The molecule has 6 heteroatoms. The van der Waals surface area contributed by atoms with Gasteiger partial charge in [-0.25, -0.2) is 0 Å². The van der Waals surface area contributed by atoms with Crippen LogP contribution in [0, 0.1) is 0 Å². The molecule has 0 aromatic heterocycles. The summed E-state index contributed by atoms with van der Waals surface area (Å²) in [6, 6.07) is 7.42. The summed E-state index contributed by atoms with van der Waals surface area (Å²) in [6.45, 7) is 5.51. The van der Waals surface area contributed by atoms with Gasteiger partial charge in [-0.05, 0) is 30.7 Å². The number of nitrogens with one attached hydrogen (secondary N) is 1. The lowest BCUT2D eigenvalue weighted by molar-refractivity contribution is 0.0176. The second kappa shape index (κ2) is 7.09. The summed E-state index contributed by atoms with van der Waals surface area (Å²) in [4.78, 5) is 13.4. The average Bonchev–Trinajstić information content (AvgIpc) is 2.95. The minimum absolute atomic E-state index is 0.344. The number of nitrogens with two attached hydrogens (primary N) is 1. The molecule has 3 N–H and O–H groups in total. The molecular weight excluding hydrogens is 282 g/mol. The van der Waals surface area contributed by atoms with Crippen molar-refractivity contribution in [2.24, 2.45) is 5.73 Å². The number of carbonyl (C=O) groups excluding carboxylic acids is 1. The fourth-order valence-electron chi connectivity index (χ4n) is 3.05. The number of hydrogen-bond acceptors (Lipinski definition) is 5. The van der Waals surface area contributed by atoms with Gasteiger partial charge in [0.1, 0.15) is 5.75 Å². The van der Waals surface area contributed by atoms with E-state index in [-0.39, 0.29) is 0 Å². The monoisotopic (exact) mass is 305 g/mol. The van der Waals surface area contributed by atoms with E-state index in [1.54, 1.807) is 24.3 Å². The van der Waals surface area contributed by atoms with Gasteiger partial charge in [0.25, 0.3) is 0 Å². The summed E-state index contributed by atoms with van der Waals surface area (Å²) in [5, 5.41) is 3.51. The van der Waals surface area contributed by atoms with E-state index in [0.29, 0.717) is 24.3 Å². The molecule has 2 saturated heterocycles. The second-order valence-corrected chi connectivity index (χ2v) is 5.82. The van der Waals surface area contributed by atoms with Crippen molar-refractivity contribution in [1.29, 1.82) is 0 Å². The molecule has 2 atom stereocenters. The van der Waals surface area contributed by atoms with E-state index >= 15 is 0 Å². The Kier molecular flexibility index (Phi) is 4.92. The molecule has 1 amide bonds. The third-order valence-corrected chi connectivity index (χ3v) is 4.21. The van der Waals surface area contributed by atoms with Crippen LogP contribution in [0.15, 0.2) is 24.3 Å². The van der Waals surface area contributed by atoms with E-state index in [4.69, 9.17) is 15.2 Å². The highest BCUT2D eigenvalue weighted by Gasteiger charge is 2.34. The molecule has 22 heavy (non-hydrogen) atoms. The Morgan fingerprint density at radius 1 is 1.36 bits per heavy atom. The maximum atomic E-state index is 11.0. The van der Waals surface area contributed by atoms with E-state index < -0.39 is 5.91 Å². The van der Waals surface area contributed by atoms with E-state index in [0.717, 1.165) is 45.0 Å². The highest BCUT2D eigenvalue weighted by Crippen LogP contribution is 2.17. The maximum Gasteiger partial charge on any atom is 0.248 e. The molecular formula is C16H23N3O3. The number of likely N-dealkylation sites (tertiary alicyclic amines) is 1. The van der Waals surface area contributed by atoms with Crippen LogP contribution in [0.25, 0.3) is 0 Å². The number of ether oxygens (including phenoxy) is 2. The summed E-state index contributed by atoms with van der Waals surface area (Å²) in [7, 11) is 0. The molecule has 120 valence electrons. The van der Waals surface area contributed by atoms with Crippen molar-refractivity contribution in [3.63, 3.8) is 0 Å². The number of nitrogens with zero attached hydrogens (tertiary/aromatic N) is 1. The zero-order chi connectivity index (χ0) is 15.4. The zero-order valence-electron chi connectivity index (χ0n) is 12.7. The Balaban J connectivity index is 1.36. The van der Waals surface area contributed by atoms with Gasteiger partial charge >= 0.3 is 0 Å². The molecule has 0 bridgehead atoms. The Labute approximate surface area is 130 Å². The van der Waals surface area contributed by atoms with Crippen molar-refractivity contribution >= 4 is 5.91 Å². The van der Waals surface area contributed by atoms with E-state index in [1.807, 2.05) is 0 Å². The number of amides is 1. The highest BCUT2D eigenvalue weighted by atomic mass is 16.5. The summed E-state index contributed by atoms with van der Waals surface area (Å²) >= 11 is 0. The van der Waals surface area contributed by atoms with Crippen LogP contribution in [-0.4, -0.2) is 62.3 Å². The first kappa shape index (κ1) is 15.3. The van der Waals surface area contributed by atoms with Gasteiger partial charge in [-0.1, -0.05) is 0 Å². The van der Waals surface area contributed by atoms with Crippen molar-refractivity contribution < 1.29 is 14.3 Å². The number of rotatable bonds is 6. The lowest BCUT2D eigenvalue weighted by Crippen LogP contribution is -2.47. The predicted molar refractivity (Wildman–Crippen MR) is 83.0 cm³/mol. The fourth-order valence-corrected chi connectivity index (χ4v) is 3.05. The average molecular weight is 305 g/mol. The third-order valence-electron chi connectivity index (χ3n) is 4.21. The SMILES string of the molecule is NC(=O)c1ccc(OCCCN2C[C@@H]3NCCO[C@H]3C2)cc1. The topological polar surface area (TPSA) is 76.8 Å². The molecule has 0 radical (unpaired) electrons.